The molecule has 0 aliphatic carbocycles. The van der Waals surface area contributed by atoms with Gasteiger partial charge in [-0.05, 0) is 52.9 Å². The van der Waals surface area contributed by atoms with Crippen LogP contribution < -0.4 is 5.56 Å². The number of pyridine rings is 1. The highest BCUT2D eigenvalue weighted by Crippen LogP contribution is 2.31. The minimum absolute atomic E-state index is 0.210. The lowest BCUT2D eigenvalue weighted by molar-refractivity contribution is 0.431. The number of fused-ring (bicyclic) bond motifs is 2. The summed E-state index contributed by atoms with van der Waals surface area (Å²) in [7, 11) is -3.59. The van der Waals surface area contributed by atoms with E-state index in [2.05, 4.69) is 20.9 Å². The zero-order chi connectivity index (χ0) is 16.9. The zero-order valence-electron chi connectivity index (χ0n) is 12.5. The van der Waals surface area contributed by atoms with Crippen molar-refractivity contribution in [1.82, 2.24) is 9.29 Å². The van der Waals surface area contributed by atoms with E-state index in [4.69, 9.17) is 0 Å². The van der Waals surface area contributed by atoms with Crippen LogP contribution in [-0.2, 0) is 23.1 Å². The fourth-order valence-corrected chi connectivity index (χ4v) is 4.78. The van der Waals surface area contributed by atoms with Crippen LogP contribution in [0.25, 0.3) is 10.9 Å². The van der Waals surface area contributed by atoms with Crippen LogP contribution >= 0.6 is 15.9 Å². The average Bonchev–Trinajstić information content (AvgIpc) is 2.98. The van der Waals surface area contributed by atoms with E-state index < -0.39 is 10.0 Å². The Labute approximate surface area is 147 Å². The maximum absolute atomic E-state index is 12.9. The topological polar surface area (TPSA) is 70.2 Å². The SMILES string of the molecule is O=c1ccc2cc(S(=O)(=O)N3Cc4ccc(Br)cc4C3)ccc2[nH]1. The molecule has 1 aliphatic rings. The molecule has 1 aliphatic heterocycles. The highest BCUT2D eigenvalue weighted by Gasteiger charge is 2.30. The lowest BCUT2D eigenvalue weighted by Gasteiger charge is -2.16. The van der Waals surface area contributed by atoms with Crippen LogP contribution in [0.1, 0.15) is 11.1 Å². The second-order valence-corrected chi connectivity index (χ2v) is 8.61. The predicted molar refractivity (Wildman–Crippen MR) is 95.1 cm³/mol. The van der Waals surface area contributed by atoms with Crippen molar-refractivity contribution in [2.75, 3.05) is 0 Å². The summed E-state index contributed by atoms with van der Waals surface area (Å²) in [4.78, 5) is 14.3. The predicted octanol–water partition coefficient (Wildman–Crippen LogP) is 3.00. The number of halogens is 1. The molecule has 1 N–H and O–H groups in total. The number of aromatic amines is 1. The van der Waals surface area contributed by atoms with Gasteiger partial charge in [-0.1, -0.05) is 22.0 Å². The van der Waals surface area contributed by atoms with Gasteiger partial charge in [0.05, 0.1) is 4.90 Å². The van der Waals surface area contributed by atoms with Crippen molar-refractivity contribution in [3.8, 4) is 0 Å². The van der Waals surface area contributed by atoms with Gasteiger partial charge in [0.1, 0.15) is 0 Å². The molecule has 1 aromatic heterocycles. The van der Waals surface area contributed by atoms with Crippen LogP contribution in [0.15, 0.2) is 62.7 Å². The Bertz CT molecular complexity index is 1120. The molecule has 7 heteroatoms. The van der Waals surface area contributed by atoms with Crippen molar-refractivity contribution in [3.63, 3.8) is 0 Å². The van der Waals surface area contributed by atoms with E-state index in [1.54, 1.807) is 18.2 Å². The molecule has 0 fully saturated rings. The first-order valence-corrected chi connectivity index (χ1v) is 9.57. The maximum atomic E-state index is 12.9. The Morgan fingerprint density at radius 1 is 0.958 bits per heavy atom. The summed E-state index contributed by atoms with van der Waals surface area (Å²) >= 11 is 3.42. The van der Waals surface area contributed by atoms with E-state index >= 15 is 0 Å². The number of benzene rings is 2. The van der Waals surface area contributed by atoms with Crippen LogP contribution in [-0.4, -0.2) is 17.7 Å². The van der Waals surface area contributed by atoms with Crippen LogP contribution in [0, 0.1) is 0 Å². The van der Waals surface area contributed by atoms with Crippen molar-refractivity contribution in [2.24, 2.45) is 0 Å². The van der Waals surface area contributed by atoms with Gasteiger partial charge in [0, 0.05) is 29.1 Å². The van der Waals surface area contributed by atoms with Gasteiger partial charge in [-0.2, -0.15) is 4.31 Å². The standard InChI is InChI=1S/C17H13BrN2O3S/c18-14-3-1-12-9-20(10-13(12)7-14)24(22,23)15-4-5-16-11(8-15)2-6-17(21)19-16/h1-8H,9-10H2,(H,19,21). The van der Waals surface area contributed by atoms with Crippen LogP contribution in [0.4, 0.5) is 0 Å². The molecule has 24 heavy (non-hydrogen) atoms. The summed E-state index contributed by atoms with van der Waals surface area (Å²) in [5, 5.41) is 0.690. The second kappa shape index (κ2) is 5.54. The lowest BCUT2D eigenvalue weighted by atomic mass is 10.1. The van der Waals surface area contributed by atoms with Gasteiger partial charge in [-0.15, -0.1) is 0 Å². The van der Waals surface area contributed by atoms with E-state index in [1.807, 2.05) is 18.2 Å². The minimum atomic E-state index is -3.59. The highest BCUT2D eigenvalue weighted by atomic mass is 79.9. The number of hydrogen-bond acceptors (Lipinski definition) is 3. The first kappa shape index (κ1) is 15.6. The largest absolute Gasteiger partial charge is 0.322 e. The molecular formula is C17H13BrN2O3S. The molecule has 0 atom stereocenters. The molecule has 0 amide bonds. The molecule has 0 radical (unpaired) electrons. The molecule has 4 rings (SSSR count). The normalized spacial score (nSPS) is 14.9. The molecular weight excluding hydrogens is 392 g/mol. The van der Waals surface area contributed by atoms with Crippen LogP contribution in [0.5, 0.6) is 0 Å². The smallest absolute Gasteiger partial charge is 0.248 e. The van der Waals surface area contributed by atoms with Gasteiger partial charge in [-0.3, -0.25) is 4.79 Å². The maximum Gasteiger partial charge on any atom is 0.248 e. The molecule has 0 saturated carbocycles. The first-order chi connectivity index (χ1) is 11.4. The van der Waals surface area contributed by atoms with Crippen molar-refractivity contribution >= 4 is 36.9 Å². The summed E-state index contributed by atoms with van der Waals surface area (Å²) in [6, 6.07) is 13.6. The molecule has 0 spiro atoms. The fourth-order valence-electron chi connectivity index (χ4n) is 2.94. The number of rotatable bonds is 2. The van der Waals surface area contributed by atoms with Crippen LogP contribution in [0.2, 0.25) is 0 Å². The molecule has 2 aromatic carbocycles. The zero-order valence-corrected chi connectivity index (χ0v) is 14.9. The average molecular weight is 405 g/mol. The number of hydrogen-bond donors (Lipinski definition) is 1. The van der Waals surface area contributed by atoms with Crippen molar-refractivity contribution in [3.05, 3.63) is 74.5 Å². The minimum Gasteiger partial charge on any atom is -0.322 e. The number of nitrogens with zero attached hydrogens (tertiary/aromatic N) is 1. The van der Waals surface area contributed by atoms with Gasteiger partial charge in [0.2, 0.25) is 15.6 Å². The van der Waals surface area contributed by atoms with Gasteiger partial charge in [0.15, 0.2) is 0 Å². The van der Waals surface area contributed by atoms with Gasteiger partial charge in [-0.25, -0.2) is 8.42 Å². The van der Waals surface area contributed by atoms with E-state index in [0.29, 0.717) is 24.0 Å². The second-order valence-electron chi connectivity index (χ2n) is 5.76. The Morgan fingerprint density at radius 2 is 1.75 bits per heavy atom. The quantitative estimate of drug-likeness (QED) is 0.713. The third-order valence-electron chi connectivity index (χ3n) is 4.19. The number of nitrogens with one attached hydrogen (secondary N) is 1. The van der Waals surface area contributed by atoms with Crippen molar-refractivity contribution in [2.45, 2.75) is 18.0 Å². The van der Waals surface area contributed by atoms with Gasteiger partial charge >= 0.3 is 0 Å². The fraction of sp³-hybridized carbons (Fsp3) is 0.118. The monoisotopic (exact) mass is 404 g/mol. The Balaban J connectivity index is 1.73. The third-order valence-corrected chi connectivity index (χ3v) is 6.48. The summed E-state index contributed by atoms with van der Waals surface area (Å²) in [5.74, 6) is 0. The summed E-state index contributed by atoms with van der Waals surface area (Å²) in [5.41, 5.74) is 2.44. The molecule has 122 valence electrons. The molecule has 2 heterocycles. The Kier molecular flexibility index (Phi) is 3.59. The number of aromatic nitrogens is 1. The molecule has 3 aromatic rings. The lowest BCUT2D eigenvalue weighted by Crippen LogP contribution is -2.25. The molecule has 0 unspecified atom stereocenters. The summed E-state index contributed by atoms with van der Waals surface area (Å²) in [6.07, 6.45) is 0. The van der Waals surface area contributed by atoms with E-state index in [-0.39, 0.29) is 10.5 Å². The molecule has 0 saturated heterocycles. The first-order valence-electron chi connectivity index (χ1n) is 7.34. The number of H-pyrrole nitrogens is 1. The van der Waals surface area contributed by atoms with Crippen molar-refractivity contribution in [1.29, 1.82) is 0 Å². The highest BCUT2D eigenvalue weighted by molar-refractivity contribution is 9.10. The summed E-state index contributed by atoms with van der Waals surface area (Å²) in [6.45, 7) is 0.732. The molecule has 0 bridgehead atoms. The third kappa shape index (κ3) is 2.58. The molecule has 5 nitrogen and oxygen atoms in total. The van der Waals surface area contributed by atoms with Crippen LogP contribution in [0.3, 0.4) is 0 Å². The van der Waals surface area contributed by atoms with E-state index in [9.17, 15) is 13.2 Å². The number of sulfonamides is 1. The Morgan fingerprint density at radius 3 is 2.58 bits per heavy atom. The summed E-state index contributed by atoms with van der Waals surface area (Å²) < 4.78 is 28.3. The van der Waals surface area contributed by atoms with E-state index in [0.717, 1.165) is 15.6 Å². The Hall–Kier alpha value is -1.96. The van der Waals surface area contributed by atoms with Gasteiger partial charge < -0.3 is 4.98 Å². The van der Waals surface area contributed by atoms with Crippen molar-refractivity contribution < 1.29 is 8.42 Å². The van der Waals surface area contributed by atoms with Gasteiger partial charge in [0.25, 0.3) is 0 Å². The van der Waals surface area contributed by atoms with E-state index in [1.165, 1.54) is 16.4 Å².